The molecule has 0 amide bonds. The second-order valence-electron chi connectivity index (χ2n) is 6.74. The number of nitrogens with one attached hydrogen (secondary N) is 1. The molecule has 7 heteroatoms. The lowest BCUT2D eigenvalue weighted by Gasteiger charge is -2.14. The molecule has 1 unspecified atom stereocenters. The Morgan fingerprint density at radius 3 is 2.30 bits per heavy atom. The van der Waals surface area contributed by atoms with Crippen LogP contribution in [0.5, 0.6) is 0 Å². The molecule has 0 spiro atoms. The van der Waals surface area contributed by atoms with E-state index < -0.39 is 16.1 Å². The third kappa shape index (κ3) is 4.63. The zero-order chi connectivity index (χ0) is 19.4. The second kappa shape index (κ2) is 8.04. The van der Waals surface area contributed by atoms with Gasteiger partial charge in [0.1, 0.15) is 4.90 Å². The van der Waals surface area contributed by atoms with Gasteiger partial charge in [-0.05, 0) is 29.2 Å². The summed E-state index contributed by atoms with van der Waals surface area (Å²) in [6.45, 7) is 4.36. The summed E-state index contributed by atoms with van der Waals surface area (Å²) in [5.74, 6) is 0.440. The highest BCUT2D eigenvalue weighted by molar-refractivity contribution is 7.89. The van der Waals surface area contributed by atoms with E-state index in [0.717, 1.165) is 11.3 Å². The Labute approximate surface area is 160 Å². The van der Waals surface area contributed by atoms with Gasteiger partial charge in [-0.25, -0.2) is 17.8 Å². The number of sulfonamides is 1. The molecule has 2 aromatic carbocycles. The molecular weight excluding hydrogens is 360 g/mol. The van der Waals surface area contributed by atoms with Crippen LogP contribution < -0.4 is 10.5 Å². The molecule has 0 bridgehead atoms. The van der Waals surface area contributed by atoms with Crippen LogP contribution in [0.25, 0.3) is 5.69 Å². The average Bonchev–Trinajstić information content (AvgIpc) is 3.18. The topological polar surface area (TPSA) is 90.0 Å². The minimum Gasteiger partial charge on any atom is -0.323 e. The quantitative estimate of drug-likeness (QED) is 0.655. The molecular formula is C20H24N4O2S. The van der Waals surface area contributed by atoms with Gasteiger partial charge in [-0.1, -0.05) is 56.3 Å². The molecule has 3 rings (SSSR count). The highest BCUT2D eigenvalue weighted by Gasteiger charge is 2.18. The summed E-state index contributed by atoms with van der Waals surface area (Å²) in [6, 6.07) is 16.9. The Morgan fingerprint density at radius 1 is 1.04 bits per heavy atom. The van der Waals surface area contributed by atoms with Gasteiger partial charge in [0.15, 0.2) is 0 Å². The van der Waals surface area contributed by atoms with Crippen molar-refractivity contribution in [2.24, 2.45) is 5.73 Å². The molecule has 0 radical (unpaired) electrons. The van der Waals surface area contributed by atoms with Gasteiger partial charge in [-0.15, -0.1) is 0 Å². The van der Waals surface area contributed by atoms with Crippen LogP contribution in [0.3, 0.4) is 0 Å². The molecule has 3 N–H and O–H groups in total. The Bertz CT molecular complexity index is 980. The molecule has 1 atom stereocenters. The number of hydrogen-bond acceptors (Lipinski definition) is 4. The first-order valence-electron chi connectivity index (χ1n) is 8.82. The Hall–Kier alpha value is -2.48. The summed E-state index contributed by atoms with van der Waals surface area (Å²) in [6.07, 6.45) is 2.82. The van der Waals surface area contributed by atoms with Crippen LogP contribution in [-0.4, -0.2) is 24.7 Å². The van der Waals surface area contributed by atoms with E-state index in [1.807, 2.05) is 54.6 Å². The van der Waals surface area contributed by atoms with Crippen molar-refractivity contribution in [3.63, 3.8) is 0 Å². The first kappa shape index (κ1) is 19.3. The summed E-state index contributed by atoms with van der Waals surface area (Å²) < 4.78 is 29.2. The van der Waals surface area contributed by atoms with Gasteiger partial charge < -0.3 is 5.73 Å². The molecule has 0 saturated carbocycles. The van der Waals surface area contributed by atoms with E-state index >= 15 is 0 Å². The lowest BCUT2D eigenvalue weighted by Crippen LogP contribution is -2.31. The molecule has 6 nitrogen and oxygen atoms in total. The van der Waals surface area contributed by atoms with Crippen LogP contribution in [-0.2, 0) is 10.0 Å². The molecule has 0 aliphatic rings. The largest absolute Gasteiger partial charge is 0.323 e. The van der Waals surface area contributed by atoms with Crippen molar-refractivity contribution in [3.8, 4) is 5.69 Å². The van der Waals surface area contributed by atoms with Crippen molar-refractivity contribution in [1.82, 2.24) is 14.5 Å². The van der Waals surface area contributed by atoms with E-state index in [4.69, 9.17) is 5.73 Å². The SMILES string of the molecule is CC(C)c1ccc(C(N)CNS(=O)(=O)c2cnn(-c3ccccc3)c2)cc1. The summed E-state index contributed by atoms with van der Waals surface area (Å²) in [7, 11) is -3.69. The molecule has 1 aromatic heterocycles. The molecule has 0 fully saturated rings. The zero-order valence-corrected chi connectivity index (χ0v) is 16.2. The van der Waals surface area contributed by atoms with Gasteiger partial charge in [0, 0.05) is 12.6 Å². The van der Waals surface area contributed by atoms with E-state index in [1.54, 1.807) is 0 Å². The van der Waals surface area contributed by atoms with Gasteiger partial charge in [0.25, 0.3) is 0 Å². The molecule has 0 aliphatic carbocycles. The normalized spacial score (nSPS) is 13.0. The highest BCUT2D eigenvalue weighted by atomic mass is 32.2. The Kier molecular flexibility index (Phi) is 5.74. The fourth-order valence-corrected chi connectivity index (χ4v) is 3.69. The number of rotatable bonds is 7. The van der Waals surface area contributed by atoms with Crippen LogP contribution in [0, 0.1) is 0 Å². The second-order valence-corrected chi connectivity index (χ2v) is 8.50. The van der Waals surface area contributed by atoms with Crippen LogP contribution in [0.2, 0.25) is 0 Å². The first-order chi connectivity index (χ1) is 12.9. The molecule has 142 valence electrons. The predicted octanol–water partition coefficient (Wildman–Crippen LogP) is 2.97. The zero-order valence-electron chi connectivity index (χ0n) is 15.4. The molecule has 0 aliphatic heterocycles. The monoisotopic (exact) mass is 384 g/mol. The molecule has 27 heavy (non-hydrogen) atoms. The Morgan fingerprint density at radius 2 is 1.67 bits per heavy atom. The predicted molar refractivity (Wildman–Crippen MR) is 106 cm³/mol. The van der Waals surface area contributed by atoms with Crippen LogP contribution in [0.1, 0.15) is 36.9 Å². The average molecular weight is 385 g/mol. The van der Waals surface area contributed by atoms with E-state index in [2.05, 4.69) is 23.7 Å². The molecule has 0 saturated heterocycles. The first-order valence-corrected chi connectivity index (χ1v) is 10.3. The maximum absolute atomic E-state index is 12.5. The van der Waals surface area contributed by atoms with E-state index in [0.29, 0.717) is 5.92 Å². The summed E-state index contributed by atoms with van der Waals surface area (Å²) >= 11 is 0. The summed E-state index contributed by atoms with van der Waals surface area (Å²) in [5.41, 5.74) is 9.06. The fourth-order valence-electron chi connectivity index (χ4n) is 2.70. The minimum absolute atomic E-state index is 0.105. The van der Waals surface area contributed by atoms with Gasteiger partial charge >= 0.3 is 0 Å². The highest BCUT2D eigenvalue weighted by Crippen LogP contribution is 2.18. The number of hydrogen-bond donors (Lipinski definition) is 2. The smallest absolute Gasteiger partial charge is 0.243 e. The number of nitrogens with zero attached hydrogens (tertiary/aromatic N) is 2. The van der Waals surface area contributed by atoms with Gasteiger partial charge in [-0.2, -0.15) is 5.10 Å². The van der Waals surface area contributed by atoms with Crippen molar-refractivity contribution < 1.29 is 8.42 Å². The van der Waals surface area contributed by atoms with Crippen molar-refractivity contribution in [3.05, 3.63) is 78.1 Å². The maximum Gasteiger partial charge on any atom is 0.243 e. The van der Waals surface area contributed by atoms with Crippen molar-refractivity contribution in [1.29, 1.82) is 0 Å². The fraction of sp³-hybridized carbons (Fsp3) is 0.250. The minimum atomic E-state index is -3.69. The van der Waals surface area contributed by atoms with Crippen molar-refractivity contribution in [2.45, 2.75) is 30.7 Å². The number of aromatic nitrogens is 2. The van der Waals surface area contributed by atoms with Gasteiger partial charge in [-0.3, -0.25) is 0 Å². The van der Waals surface area contributed by atoms with Gasteiger partial charge in [0.2, 0.25) is 10.0 Å². The van der Waals surface area contributed by atoms with E-state index in [1.165, 1.54) is 22.6 Å². The number of nitrogens with two attached hydrogens (primary N) is 1. The lowest BCUT2D eigenvalue weighted by molar-refractivity contribution is 0.572. The van der Waals surface area contributed by atoms with Crippen LogP contribution >= 0.6 is 0 Å². The summed E-state index contributed by atoms with van der Waals surface area (Å²) in [5, 5.41) is 4.13. The summed E-state index contributed by atoms with van der Waals surface area (Å²) in [4.78, 5) is 0.105. The van der Waals surface area contributed by atoms with Gasteiger partial charge in [0.05, 0.1) is 18.1 Å². The van der Waals surface area contributed by atoms with Crippen molar-refractivity contribution >= 4 is 10.0 Å². The van der Waals surface area contributed by atoms with Crippen molar-refractivity contribution in [2.75, 3.05) is 6.54 Å². The maximum atomic E-state index is 12.5. The van der Waals surface area contributed by atoms with Crippen LogP contribution in [0.15, 0.2) is 71.9 Å². The lowest BCUT2D eigenvalue weighted by atomic mass is 9.99. The number of benzene rings is 2. The third-order valence-electron chi connectivity index (χ3n) is 4.41. The van der Waals surface area contributed by atoms with E-state index in [-0.39, 0.29) is 11.4 Å². The van der Waals surface area contributed by atoms with E-state index in [9.17, 15) is 8.42 Å². The van der Waals surface area contributed by atoms with Crippen LogP contribution in [0.4, 0.5) is 0 Å². The molecule has 1 heterocycles. The Balaban J connectivity index is 1.67. The molecule has 3 aromatic rings. The standard InChI is InChI=1S/C20H24N4O2S/c1-15(2)16-8-10-17(11-9-16)20(21)13-23-27(25,26)19-12-22-24(14-19)18-6-4-3-5-7-18/h3-12,14-15,20,23H,13,21H2,1-2H3. The third-order valence-corrected chi connectivity index (χ3v) is 5.79. The number of para-hydroxylation sites is 1.